The molecule has 0 bridgehead atoms. The van der Waals surface area contributed by atoms with Gasteiger partial charge in [-0.1, -0.05) is 42.0 Å². The fourth-order valence-electron chi connectivity index (χ4n) is 4.29. The number of halogens is 1. The van der Waals surface area contributed by atoms with E-state index in [-0.39, 0.29) is 36.1 Å². The van der Waals surface area contributed by atoms with Crippen LogP contribution in [-0.2, 0) is 24.2 Å². The Morgan fingerprint density at radius 2 is 1.75 bits per heavy atom. The van der Waals surface area contributed by atoms with Crippen molar-refractivity contribution in [1.29, 1.82) is 0 Å². The largest absolute Gasteiger partial charge is 0.376 e. The van der Waals surface area contributed by atoms with Gasteiger partial charge < -0.3 is 19.9 Å². The second-order valence-corrected chi connectivity index (χ2v) is 9.05. The van der Waals surface area contributed by atoms with Gasteiger partial charge in [-0.25, -0.2) is 4.39 Å². The van der Waals surface area contributed by atoms with Gasteiger partial charge in [-0.3, -0.25) is 14.4 Å². The van der Waals surface area contributed by atoms with Gasteiger partial charge >= 0.3 is 0 Å². The van der Waals surface area contributed by atoms with Gasteiger partial charge in [-0.05, 0) is 49.4 Å². The van der Waals surface area contributed by atoms with Crippen LogP contribution >= 0.6 is 0 Å². The topological polar surface area (TPSA) is 89.4 Å². The molecule has 36 heavy (non-hydrogen) atoms. The molecule has 1 fully saturated rings. The van der Waals surface area contributed by atoms with Gasteiger partial charge in [0.25, 0.3) is 11.8 Å². The molecule has 1 aromatic heterocycles. The van der Waals surface area contributed by atoms with Gasteiger partial charge in [-0.2, -0.15) is 0 Å². The molecule has 7 nitrogen and oxygen atoms in total. The number of carbonyl (C=O) groups is 2. The average Bonchev–Trinajstić information content (AvgIpc) is 3.36. The molecule has 4 rings (SSSR count). The van der Waals surface area contributed by atoms with Crippen molar-refractivity contribution in [3.8, 4) is 0 Å². The maximum Gasteiger partial charge on any atom is 0.257 e. The van der Waals surface area contributed by atoms with Crippen LogP contribution in [0.4, 0.5) is 4.39 Å². The van der Waals surface area contributed by atoms with Crippen molar-refractivity contribution < 1.29 is 18.7 Å². The van der Waals surface area contributed by atoms with E-state index in [1.807, 2.05) is 31.2 Å². The van der Waals surface area contributed by atoms with Crippen LogP contribution in [0.1, 0.15) is 50.2 Å². The number of nitrogens with zero attached hydrogens (tertiary/aromatic N) is 1. The monoisotopic (exact) mass is 491 g/mol. The molecular formula is C28H30FN3O4. The standard InChI is InChI=1S/C28H30FN3O4/c1-19-5-2-7-21(13-19)15-31-28(35)25-18-32(16-23-9-4-12-36-23)17-24(26(25)33)27(34)30-11-10-20-6-3-8-22(29)14-20/h2-3,5-8,13-14,17-18,23H,4,9-12,15-16H2,1H3,(H,30,34)(H,31,35)/t23-/m1/s1. The van der Waals surface area contributed by atoms with Gasteiger partial charge in [0, 0.05) is 38.6 Å². The van der Waals surface area contributed by atoms with Crippen LogP contribution in [0.3, 0.4) is 0 Å². The lowest BCUT2D eigenvalue weighted by atomic mass is 10.1. The number of aryl methyl sites for hydroxylation is 1. The average molecular weight is 492 g/mol. The molecule has 1 aliphatic rings. The fourth-order valence-corrected chi connectivity index (χ4v) is 4.29. The summed E-state index contributed by atoms with van der Waals surface area (Å²) >= 11 is 0. The lowest BCUT2D eigenvalue weighted by Gasteiger charge is -2.16. The predicted octanol–water partition coefficient (Wildman–Crippen LogP) is 3.38. The van der Waals surface area contributed by atoms with Crippen LogP contribution < -0.4 is 16.1 Å². The number of pyridine rings is 1. The quantitative estimate of drug-likeness (QED) is 0.480. The number of aromatic nitrogens is 1. The molecule has 2 N–H and O–H groups in total. The zero-order chi connectivity index (χ0) is 25.5. The first-order valence-corrected chi connectivity index (χ1v) is 12.1. The molecule has 1 atom stereocenters. The maximum atomic E-state index is 13.4. The first-order valence-electron chi connectivity index (χ1n) is 12.1. The molecule has 1 aliphatic heterocycles. The molecule has 0 spiro atoms. The van der Waals surface area contributed by atoms with Crippen LogP contribution in [0.15, 0.2) is 65.7 Å². The molecule has 2 heterocycles. The van der Waals surface area contributed by atoms with E-state index in [4.69, 9.17) is 4.74 Å². The summed E-state index contributed by atoms with van der Waals surface area (Å²) in [6.07, 6.45) is 5.14. The molecule has 1 saturated heterocycles. The van der Waals surface area contributed by atoms with E-state index in [1.54, 1.807) is 16.7 Å². The third-order valence-corrected chi connectivity index (χ3v) is 6.13. The molecular weight excluding hydrogens is 461 g/mol. The molecule has 0 aliphatic carbocycles. The highest BCUT2D eigenvalue weighted by Gasteiger charge is 2.22. The van der Waals surface area contributed by atoms with Crippen molar-refractivity contribution in [2.75, 3.05) is 13.2 Å². The first-order chi connectivity index (χ1) is 17.4. The molecule has 8 heteroatoms. The minimum Gasteiger partial charge on any atom is -0.376 e. The van der Waals surface area contributed by atoms with E-state index in [9.17, 15) is 18.8 Å². The number of hydrogen-bond acceptors (Lipinski definition) is 4. The Hall–Kier alpha value is -3.78. The second-order valence-electron chi connectivity index (χ2n) is 9.05. The summed E-state index contributed by atoms with van der Waals surface area (Å²) in [4.78, 5) is 39.1. The number of nitrogens with one attached hydrogen (secondary N) is 2. The van der Waals surface area contributed by atoms with E-state index in [0.29, 0.717) is 19.6 Å². The minimum absolute atomic E-state index is 0.0420. The summed E-state index contributed by atoms with van der Waals surface area (Å²) in [6.45, 7) is 3.54. The Bertz CT molecular complexity index is 1300. The van der Waals surface area contributed by atoms with Gasteiger partial charge in [0.1, 0.15) is 16.9 Å². The summed E-state index contributed by atoms with van der Waals surface area (Å²) in [6, 6.07) is 13.8. The SMILES string of the molecule is Cc1cccc(CNC(=O)c2cn(C[C@H]3CCCO3)cc(C(=O)NCCc3cccc(F)c3)c2=O)c1. The zero-order valence-electron chi connectivity index (χ0n) is 20.3. The molecule has 3 aromatic rings. The predicted molar refractivity (Wildman–Crippen MR) is 134 cm³/mol. The summed E-state index contributed by atoms with van der Waals surface area (Å²) in [7, 11) is 0. The number of ether oxygens (including phenoxy) is 1. The van der Waals surface area contributed by atoms with E-state index in [1.165, 1.54) is 24.5 Å². The third-order valence-electron chi connectivity index (χ3n) is 6.13. The lowest BCUT2D eigenvalue weighted by Crippen LogP contribution is -2.36. The number of hydrogen-bond donors (Lipinski definition) is 2. The van der Waals surface area contributed by atoms with Gasteiger partial charge in [0.05, 0.1) is 6.10 Å². The Kier molecular flexibility index (Phi) is 8.28. The molecule has 0 saturated carbocycles. The highest BCUT2D eigenvalue weighted by molar-refractivity contribution is 5.99. The van der Waals surface area contributed by atoms with Crippen molar-refractivity contribution in [3.63, 3.8) is 0 Å². The Morgan fingerprint density at radius 3 is 2.44 bits per heavy atom. The smallest absolute Gasteiger partial charge is 0.257 e. The van der Waals surface area contributed by atoms with Gasteiger partial charge in [0.15, 0.2) is 0 Å². The number of carbonyl (C=O) groups excluding carboxylic acids is 2. The van der Waals surface area contributed by atoms with Crippen molar-refractivity contribution in [2.24, 2.45) is 0 Å². The summed E-state index contributed by atoms with van der Waals surface area (Å²) in [5, 5.41) is 5.51. The number of amides is 2. The van der Waals surface area contributed by atoms with Crippen LogP contribution in [0.5, 0.6) is 0 Å². The normalized spacial score (nSPS) is 15.0. The summed E-state index contributed by atoms with van der Waals surface area (Å²) in [5.41, 5.74) is 1.86. The maximum absolute atomic E-state index is 13.4. The number of rotatable bonds is 9. The van der Waals surface area contributed by atoms with E-state index >= 15 is 0 Å². The molecule has 2 amide bonds. The Morgan fingerprint density at radius 1 is 1.03 bits per heavy atom. The number of benzene rings is 2. The van der Waals surface area contributed by atoms with Crippen molar-refractivity contribution in [2.45, 2.75) is 45.4 Å². The molecule has 0 unspecified atom stereocenters. The molecule has 188 valence electrons. The second kappa shape index (κ2) is 11.8. The van der Waals surface area contributed by atoms with Gasteiger partial charge in [0.2, 0.25) is 5.43 Å². The fraction of sp³-hybridized carbons (Fsp3) is 0.321. The van der Waals surface area contributed by atoms with Crippen LogP contribution in [0.2, 0.25) is 0 Å². The lowest BCUT2D eigenvalue weighted by molar-refractivity contribution is 0.0925. The van der Waals surface area contributed by atoms with Crippen LogP contribution in [0.25, 0.3) is 0 Å². The third kappa shape index (κ3) is 6.66. The van der Waals surface area contributed by atoms with E-state index in [2.05, 4.69) is 10.6 Å². The summed E-state index contributed by atoms with van der Waals surface area (Å²) < 4.78 is 20.8. The molecule has 2 aromatic carbocycles. The van der Waals surface area contributed by atoms with Crippen LogP contribution in [0, 0.1) is 12.7 Å². The van der Waals surface area contributed by atoms with Crippen molar-refractivity contribution in [3.05, 3.63) is 105 Å². The summed E-state index contributed by atoms with van der Waals surface area (Å²) in [5.74, 6) is -1.47. The Labute approximate surface area is 209 Å². The van der Waals surface area contributed by atoms with Crippen molar-refractivity contribution >= 4 is 11.8 Å². The first kappa shape index (κ1) is 25.3. The molecule has 0 radical (unpaired) electrons. The highest BCUT2D eigenvalue weighted by atomic mass is 19.1. The zero-order valence-corrected chi connectivity index (χ0v) is 20.3. The van der Waals surface area contributed by atoms with Crippen molar-refractivity contribution in [1.82, 2.24) is 15.2 Å². The van der Waals surface area contributed by atoms with E-state index in [0.717, 1.165) is 29.5 Å². The minimum atomic E-state index is -0.636. The van der Waals surface area contributed by atoms with Crippen LogP contribution in [-0.4, -0.2) is 35.6 Å². The van der Waals surface area contributed by atoms with Gasteiger partial charge in [-0.15, -0.1) is 0 Å². The van der Waals surface area contributed by atoms with E-state index < -0.39 is 17.2 Å². The highest BCUT2D eigenvalue weighted by Crippen LogP contribution is 2.14. The Balaban J connectivity index is 1.51.